The summed E-state index contributed by atoms with van der Waals surface area (Å²) in [5, 5.41) is 9.11. The number of rotatable bonds is 5. The Morgan fingerprint density at radius 1 is 1.23 bits per heavy atom. The van der Waals surface area contributed by atoms with Gasteiger partial charge >= 0.3 is 0 Å². The molecule has 3 rings (SSSR count). The van der Waals surface area contributed by atoms with Crippen LogP contribution in [-0.2, 0) is 4.79 Å². The molecule has 134 valence electrons. The van der Waals surface area contributed by atoms with Gasteiger partial charge in [0.25, 0.3) is 5.91 Å². The molecule has 1 saturated heterocycles. The summed E-state index contributed by atoms with van der Waals surface area (Å²) in [6.07, 6.45) is 2.43. The van der Waals surface area contributed by atoms with Gasteiger partial charge in [-0.25, -0.2) is 4.98 Å². The minimum atomic E-state index is -0.532. The zero-order valence-electron chi connectivity index (χ0n) is 14.7. The smallest absolute Gasteiger partial charge is 0.263 e. The van der Waals surface area contributed by atoms with E-state index < -0.39 is 6.10 Å². The summed E-state index contributed by atoms with van der Waals surface area (Å²) in [5.74, 6) is 1.02. The lowest BCUT2D eigenvalue weighted by molar-refractivity contribution is -0.139. The molecule has 2 aromatic rings. The van der Waals surface area contributed by atoms with E-state index in [1.807, 2.05) is 30.3 Å². The first-order valence-corrected chi connectivity index (χ1v) is 8.69. The van der Waals surface area contributed by atoms with E-state index in [0.29, 0.717) is 43.1 Å². The molecule has 2 heterocycles. The van der Waals surface area contributed by atoms with E-state index in [4.69, 9.17) is 14.7 Å². The summed E-state index contributed by atoms with van der Waals surface area (Å²) >= 11 is 0. The summed E-state index contributed by atoms with van der Waals surface area (Å²) in [5.41, 5.74) is 0.427. The van der Waals surface area contributed by atoms with Gasteiger partial charge in [-0.15, -0.1) is 0 Å². The molecule has 1 aliphatic rings. The molecule has 6 heteroatoms. The van der Waals surface area contributed by atoms with Gasteiger partial charge in [0.1, 0.15) is 23.5 Å². The van der Waals surface area contributed by atoms with Crippen LogP contribution in [0.4, 0.5) is 0 Å². The molecule has 0 spiro atoms. The maximum Gasteiger partial charge on any atom is 0.263 e. The van der Waals surface area contributed by atoms with Gasteiger partial charge in [0.2, 0.25) is 5.88 Å². The monoisotopic (exact) mass is 351 g/mol. The zero-order valence-corrected chi connectivity index (χ0v) is 14.7. The predicted octanol–water partition coefficient (Wildman–Crippen LogP) is 2.79. The van der Waals surface area contributed by atoms with E-state index in [9.17, 15) is 4.79 Å². The fourth-order valence-corrected chi connectivity index (χ4v) is 2.93. The number of benzene rings is 1. The summed E-state index contributed by atoms with van der Waals surface area (Å²) in [4.78, 5) is 18.5. The van der Waals surface area contributed by atoms with Crippen molar-refractivity contribution in [2.75, 3.05) is 13.1 Å². The van der Waals surface area contributed by atoms with E-state index >= 15 is 0 Å². The summed E-state index contributed by atoms with van der Waals surface area (Å²) in [6, 6.07) is 14.8. The second-order valence-electron chi connectivity index (χ2n) is 6.18. The Bertz CT molecular complexity index is 780. The van der Waals surface area contributed by atoms with Gasteiger partial charge in [-0.05, 0) is 31.2 Å². The van der Waals surface area contributed by atoms with Crippen molar-refractivity contribution in [3.8, 4) is 17.7 Å². The van der Waals surface area contributed by atoms with E-state index in [0.717, 1.165) is 0 Å². The lowest BCUT2D eigenvalue weighted by Gasteiger charge is -2.33. The highest BCUT2D eigenvalue weighted by molar-refractivity contribution is 5.81. The normalized spacial score (nSPS) is 15.8. The fourth-order valence-electron chi connectivity index (χ4n) is 2.93. The van der Waals surface area contributed by atoms with E-state index in [1.54, 1.807) is 30.2 Å². The van der Waals surface area contributed by atoms with Crippen LogP contribution in [0.1, 0.15) is 25.3 Å². The molecule has 1 fully saturated rings. The quantitative estimate of drug-likeness (QED) is 0.828. The van der Waals surface area contributed by atoms with Gasteiger partial charge in [-0.2, -0.15) is 5.26 Å². The summed E-state index contributed by atoms with van der Waals surface area (Å²) in [6.45, 7) is 2.96. The van der Waals surface area contributed by atoms with Gasteiger partial charge in [0, 0.05) is 32.1 Å². The number of hydrogen-bond acceptors (Lipinski definition) is 5. The molecule has 1 amide bonds. The highest BCUT2D eigenvalue weighted by Gasteiger charge is 2.28. The van der Waals surface area contributed by atoms with Gasteiger partial charge in [-0.3, -0.25) is 4.79 Å². The van der Waals surface area contributed by atoms with Crippen LogP contribution in [0.5, 0.6) is 11.6 Å². The standard InChI is InChI=1S/C20H21N3O3/c1-15(25-17-7-3-2-4-8-17)20(24)23-12-9-18(10-13-23)26-19-16(14-21)6-5-11-22-19/h2-8,11,15,18H,9-10,12-13H2,1H3/t15-/m1/s1. The Hall–Kier alpha value is -3.07. The first-order valence-electron chi connectivity index (χ1n) is 8.69. The third-order valence-electron chi connectivity index (χ3n) is 4.33. The molecular formula is C20H21N3O3. The van der Waals surface area contributed by atoms with E-state index in [1.165, 1.54) is 0 Å². The molecule has 0 radical (unpaired) electrons. The molecule has 0 saturated carbocycles. The number of hydrogen-bond donors (Lipinski definition) is 0. The van der Waals surface area contributed by atoms with Crippen molar-refractivity contribution >= 4 is 5.91 Å². The van der Waals surface area contributed by atoms with Crippen molar-refractivity contribution in [2.45, 2.75) is 32.0 Å². The molecule has 6 nitrogen and oxygen atoms in total. The molecule has 0 N–H and O–H groups in total. The predicted molar refractivity (Wildman–Crippen MR) is 95.7 cm³/mol. The lowest BCUT2D eigenvalue weighted by Crippen LogP contribution is -2.46. The van der Waals surface area contributed by atoms with Crippen LogP contribution in [0, 0.1) is 11.3 Å². The molecule has 0 unspecified atom stereocenters. The number of amides is 1. The number of nitrogens with zero attached hydrogens (tertiary/aromatic N) is 3. The van der Waals surface area contributed by atoms with Crippen LogP contribution in [0.25, 0.3) is 0 Å². The number of pyridine rings is 1. The Kier molecular flexibility index (Phi) is 5.69. The first-order chi connectivity index (χ1) is 12.7. The maximum absolute atomic E-state index is 12.6. The Labute approximate surface area is 153 Å². The Morgan fingerprint density at radius 2 is 1.96 bits per heavy atom. The second-order valence-corrected chi connectivity index (χ2v) is 6.18. The molecule has 0 bridgehead atoms. The maximum atomic E-state index is 12.6. The molecule has 1 atom stereocenters. The number of nitriles is 1. The second kappa shape index (κ2) is 8.34. The van der Waals surface area contributed by atoms with Gasteiger partial charge in [0.15, 0.2) is 6.10 Å². The Balaban J connectivity index is 1.51. The van der Waals surface area contributed by atoms with Crippen LogP contribution >= 0.6 is 0 Å². The van der Waals surface area contributed by atoms with Gasteiger partial charge < -0.3 is 14.4 Å². The molecule has 1 aliphatic heterocycles. The average molecular weight is 351 g/mol. The molecule has 26 heavy (non-hydrogen) atoms. The number of para-hydroxylation sites is 1. The van der Waals surface area contributed by atoms with Gasteiger partial charge in [0.05, 0.1) is 0 Å². The van der Waals surface area contributed by atoms with E-state index in [2.05, 4.69) is 11.1 Å². The molecular weight excluding hydrogens is 330 g/mol. The number of carbonyl (C=O) groups excluding carboxylic acids is 1. The number of aromatic nitrogens is 1. The lowest BCUT2D eigenvalue weighted by atomic mass is 10.1. The minimum Gasteiger partial charge on any atom is -0.481 e. The SMILES string of the molecule is C[C@@H](Oc1ccccc1)C(=O)N1CCC(Oc2ncccc2C#N)CC1. The van der Waals surface area contributed by atoms with Crippen molar-refractivity contribution < 1.29 is 14.3 Å². The van der Waals surface area contributed by atoms with Crippen molar-refractivity contribution in [1.82, 2.24) is 9.88 Å². The number of carbonyl (C=O) groups is 1. The average Bonchev–Trinajstić information content (AvgIpc) is 2.69. The topological polar surface area (TPSA) is 75.4 Å². The highest BCUT2D eigenvalue weighted by atomic mass is 16.5. The third-order valence-corrected chi connectivity index (χ3v) is 4.33. The summed E-state index contributed by atoms with van der Waals surface area (Å²) in [7, 11) is 0. The Morgan fingerprint density at radius 3 is 2.65 bits per heavy atom. The molecule has 1 aromatic heterocycles. The van der Waals surface area contributed by atoms with Crippen LogP contribution < -0.4 is 9.47 Å². The first kappa shape index (κ1) is 17.7. The fraction of sp³-hybridized carbons (Fsp3) is 0.350. The molecule has 1 aromatic carbocycles. The number of likely N-dealkylation sites (tertiary alicyclic amines) is 1. The van der Waals surface area contributed by atoms with Crippen LogP contribution in [0.15, 0.2) is 48.7 Å². The van der Waals surface area contributed by atoms with Crippen molar-refractivity contribution in [1.29, 1.82) is 5.26 Å². The largest absolute Gasteiger partial charge is 0.481 e. The molecule has 0 aliphatic carbocycles. The minimum absolute atomic E-state index is 0.0251. The summed E-state index contributed by atoms with van der Waals surface area (Å²) < 4.78 is 11.6. The number of piperidine rings is 1. The number of ether oxygens (including phenoxy) is 2. The highest BCUT2D eigenvalue weighted by Crippen LogP contribution is 2.21. The third kappa shape index (κ3) is 4.31. The van der Waals surface area contributed by atoms with Crippen molar-refractivity contribution in [2.24, 2.45) is 0 Å². The van der Waals surface area contributed by atoms with Crippen LogP contribution in [-0.4, -0.2) is 41.1 Å². The van der Waals surface area contributed by atoms with Crippen molar-refractivity contribution in [3.63, 3.8) is 0 Å². The van der Waals surface area contributed by atoms with Crippen molar-refractivity contribution in [3.05, 3.63) is 54.2 Å². The zero-order chi connectivity index (χ0) is 18.4. The van der Waals surface area contributed by atoms with Crippen LogP contribution in [0.2, 0.25) is 0 Å². The van der Waals surface area contributed by atoms with E-state index in [-0.39, 0.29) is 12.0 Å². The van der Waals surface area contributed by atoms with Gasteiger partial charge in [-0.1, -0.05) is 18.2 Å². The van der Waals surface area contributed by atoms with Crippen LogP contribution in [0.3, 0.4) is 0 Å².